The van der Waals surface area contributed by atoms with Gasteiger partial charge in [0.05, 0.1) is 6.61 Å². The van der Waals surface area contributed by atoms with Crippen LogP contribution in [-0.2, 0) is 0 Å². The van der Waals surface area contributed by atoms with E-state index in [2.05, 4.69) is 39.9 Å². The Hall–Kier alpha value is 0.270. The van der Waals surface area contributed by atoms with Gasteiger partial charge in [0.25, 0.3) is 0 Å². The minimum atomic E-state index is -0.115. The Balaban J connectivity index is 3.86. The topological polar surface area (TPSA) is 32.3 Å². The number of thioether (sulfide) groups is 1. The maximum Gasteiger partial charge on any atom is 0.0610 e. The number of hydrogen-bond donors (Lipinski definition) is 2. The molecule has 0 aromatic carbocycles. The van der Waals surface area contributed by atoms with E-state index in [1.54, 1.807) is 0 Å². The zero-order chi connectivity index (χ0) is 11.2. The average molecular weight is 219 g/mol. The largest absolute Gasteiger partial charge is 0.394 e. The molecule has 1 unspecified atom stereocenters. The maximum absolute atomic E-state index is 9.33. The second-order valence-electron chi connectivity index (χ2n) is 4.69. The van der Waals surface area contributed by atoms with Gasteiger partial charge in [-0.25, -0.2) is 0 Å². The lowest BCUT2D eigenvalue weighted by Gasteiger charge is -2.31. The summed E-state index contributed by atoms with van der Waals surface area (Å²) in [5.41, 5.74) is -0.115. The van der Waals surface area contributed by atoms with Gasteiger partial charge in [0.1, 0.15) is 0 Å². The van der Waals surface area contributed by atoms with E-state index < -0.39 is 0 Å². The Morgan fingerprint density at radius 3 is 2.21 bits per heavy atom. The molecule has 86 valence electrons. The van der Waals surface area contributed by atoms with Crippen molar-refractivity contribution in [1.82, 2.24) is 5.32 Å². The molecule has 1 atom stereocenters. The summed E-state index contributed by atoms with van der Waals surface area (Å²) in [5, 5.41) is 13.4. The summed E-state index contributed by atoms with van der Waals surface area (Å²) in [4.78, 5) is 0. The number of aliphatic hydroxyl groups excluding tert-OH is 1. The summed E-state index contributed by atoms with van der Waals surface area (Å²) in [7, 11) is 0. The van der Waals surface area contributed by atoms with Gasteiger partial charge in [0.15, 0.2) is 0 Å². The Bertz CT molecular complexity index is 150. The van der Waals surface area contributed by atoms with Gasteiger partial charge in [-0.15, -0.1) is 0 Å². The first-order chi connectivity index (χ1) is 6.39. The molecule has 0 saturated carbocycles. The Morgan fingerprint density at radius 2 is 1.86 bits per heavy atom. The third kappa shape index (κ3) is 6.68. The van der Waals surface area contributed by atoms with Crippen LogP contribution < -0.4 is 5.32 Å². The highest BCUT2D eigenvalue weighted by Crippen LogP contribution is 2.17. The van der Waals surface area contributed by atoms with Gasteiger partial charge >= 0.3 is 0 Å². The van der Waals surface area contributed by atoms with Gasteiger partial charge in [0, 0.05) is 11.6 Å². The molecule has 14 heavy (non-hydrogen) atoms. The Kier molecular flexibility index (Phi) is 6.83. The van der Waals surface area contributed by atoms with E-state index in [1.165, 1.54) is 0 Å². The standard InChI is InChI=1S/C11H25NOS/c1-9(2)12-11(5,8-13)6-7-14-10(3)4/h9-10,12-13H,6-8H2,1-5H3. The smallest absolute Gasteiger partial charge is 0.0610 e. The molecule has 0 heterocycles. The van der Waals surface area contributed by atoms with E-state index in [9.17, 15) is 5.11 Å². The molecule has 0 radical (unpaired) electrons. The second-order valence-corrected chi connectivity index (χ2v) is 6.37. The molecule has 3 heteroatoms. The molecule has 0 aromatic heterocycles. The Labute approximate surface area is 92.9 Å². The van der Waals surface area contributed by atoms with E-state index in [1.807, 2.05) is 11.8 Å². The molecule has 0 aliphatic carbocycles. The van der Waals surface area contributed by atoms with Gasteiger partial charge in [-0.1, -0.05) is 27.7 Å². The summed E-state index contributed by atoms with van der Waals surface area (Å²) in [5.74, 6) is 1.11. The van der Waals surface area contributed by atoms with Crippen LogP contribution in [0.15, 0.2) is 0 Å². The SMILES string of the molecule is CC(C)NC(C)(CO)CCSC(C)C. The summed E-state index contributed by atoms with van der Waals surface area (Å²) in [6.45, 7) is 10.9. The van der Waals surface area contributed by atoms with Crippen LogP contribution in [0, 0.1) is 0 Å². The van der Waals surface area contributed by atoms with Crippen molar-refractivity contribution < 1.29 is 5.11 Å². The van der Waals surface area contributed by atoms with Gasteiger partial charge in [-0.05, 0) is 24.3 Å². The van der Waals surface area contributed by atoms with Gasteiger partial charge in [0.2, 0.25) is 0 Å². The highest BCUT2D eigenvalue weighted by atomic mass is 32.2. The van der Waals surface area contributed by atoms with Crippen LogP contribution in [-0.4, -0.2) is 34.3 Å². The van der Waals surface area contributed by atoms with Crippen molar-refractivity contribution in [1.29, 1.82) is 0 Å². The molecule has 0 fully saturated rings. The molecule has 2 N–H and O–H groups in total. The minimum Gasteiger partial charge on any atom is -0.394 e. The zero-order valence-corrected chi connectivity index (χ0v) is 10.9. The third-order valence-electron chi connectivity index (χ3n) is 2.09. The lowest BCUT2D eigenvalue weighted by Crippen LogP contribution is -2.49. The summed E-state index contributed by atoms with van der Waals surface area (Å²) in [6, 6.07) is 0.427. The lowest BCUT2D eigenvalue weighted by atomic mass is 9.99. The van der Waals surface area contributed by atoms with Crippen LogP contribution in [0.3, 0.4) is 0 Å². The molecule has 0 amide bonds. The molecule has 0 aliphatic heterocycles. The minimum absolute atomic E-state index is 0.115. The van der Waals surface area contributed by atoms with Crippen molar-refractivity contribution in [2.45, 2.75) is 57.9 Å². The van der Waals surface area contributed by atoms with Crippen molar-refractivity contribution in [3.8, 4) is 0 Å². The molecule has 2 nitrogen and oxygen atoms in total. The normalized spacial score (nSPS) is 16.3. The van der Waals surface area contributed by atoms with Crippen LogP contribution in [0.2, 0.25) is 0 Å². The fourth-order valence-electron chi connectivity index (χ4n) is 1.41. The molecule has 0 bridgehead atoms. The Morgan fingerprint density at radius 1 is 1.29 bits per heavy atom. The zero-order valence-electron chi connectivity index (χ0n) is 10.1. The molecule has 0 aromatic rings. The van der Waals surface area contributed by atoms with Crippen molar-refractivity contribution in [2.24, 2.45) is 0 Å². The maximum atomic E-state index is 9.33. The quantitative estimate of drug-likeness (QED) is 0.689. The van der Waals surface area contributed by atoms with Crippen LogP contribution in [0.25, 0.3) is 0 Å². The van der Waals surface area contributed by atoms with E-state index >= 15 is 0 Å². The van der Waals surface area contributed by atoms with Gasteiger partial charge in [-0.3, -0.25) is 0 Å². The number of hydrogen-bond acceptors (Lipinski definition) is 3. The number of rotatable bonds is 7. The molecule has 0 rings (SSSR count). The molecular formula is C11H25NOS. The monoisotopic (exact) mass is 219 g/mol. The lowest BCUT2D eigenvalue weighted by molar-refractivity contribution is 0.162. The molecule has 0 spiro atoms. The fraction of sp³-hybridized carbons (Fsp3) is 1.00. The fourth-order valence-corrected chi connectivity index (χ4v) is 2.45. The van der Waals surface area contributed by atoms with Crippen LogP contribution in [0.5, 0.6) is 0 Å². The van der Waals surface area contributed by atoms with Gasteiger partial charge < -0.3 is 10.4 Å². The summed E-state index contributed by atoms with van der Waals surface area (Å²) in [6.07, 6.45) is 1.02. The first kappa shape index (κ1) is 14.3. The van der Waals surface area contributed by atoms with Crippen molar-refractivity contribution in [2.75, 3.05) is 12.4 Å². The van der Waals surface area contributed by atoms with Crippen LogP contribution in [0.4, 0.5) is 0 Å². The molecule has 0 saturated heterocycles. The van der Waals surface area contributed by atoms with Crippen molar-refractivity contribution in [3.63, 3.8) is 0 Å². The third-order valence-corrected chi connectivity index (χ3v) is 3.20. The first-order valence-electron chi connectivity index (χ1n) is 5.40. The average Bonchev–Trinajstić information content (AvgIpc) is 2.02. The van der Waals surface area contributed by atoms with Crippen molar-refractivity contribution in [3.05, 3.63) is 0 Å². The van der Waals surface area contributed by atoms with Gasteiger partial charge in [-0.2, -0.15) is 11.8 Å². The highest BCUT2D eigenvalue weighted by molar-refractivity contribution is 7.99. The summed E-state index contributed by atoms with van der Waals surface area (Å²) >= 11 is 1.95. The summed E-state index contributed by atoms with van der Waals surface area (Å²) < 4.78 is 0. The van der Waals surface area contributed by atoms with E-state index in [-0.39, 0.29) is 12.1 Å². The predicted octanol–water partition coefficient (Wildman–Crippen LogP) is 2.27. The van der Waals surface area contributed by atoms with Crippen molar-refractivity contribution >= 4 is 11.8 Å². The number of nitrogens with one attached hydrogen (secondary N) is 1. The second kappa shape index (κ2) is 6.70. The predicted molar refractivity (Wildman–Crippen MR) is 66.0 cm³/mol. The van der Waals surface area contributed by atoms with E-state index in [0.29, 0.717) is 11.3 Å². The van der Waals surface area contributed by atoms with Crippen LogP contribution >= 0.6 is 11.8 Å². The van der Waals surface area contributed by atoms with E-state index in [0.717, 1.165) is 12.2 Å². The molecular weight excluding hydrogens is 194 g/mol. The van der Waals surface area contributed by atoms with E-state index in [4.69, 9.17) is 0 Å². The highest BCUT2D eigenvalue weighted by Gasteiger charge is 2.23. The molecule has 0 aliphatic rings. The van der Waals surface area contributed by atoms with Crippen LogP contribution in [0.1, 0.15) is 41.0 Å². The number of aliphatic hydroxyl groups is 1. The first-order valence-corrected chi connectivity index (χ1v) is 6.44.